The molecule has 0 aliphatic carbocycles. The zero-order valence-electron chi connectivity index (χ0n) is 19.2. The number of rotatable bonds is 10. The summed E-state index contributed by atoms with van der Waals surface area (Å²) in [5.74, 6) is -0.441. The van der Waals surface area contributed by atoms with E-state index in [1.807, 2.05) is 91.0 Å². The number of hydrogen-bond donors (Lipinski definition) is 0. The van der Waals surface area contributed by atoms with Gasteiger partial charge >= 0.3 is 5.97 Å². The van der Waals surface area contributed by atoms with Crippen LogP contribution in [0.15, 0.2) is 91.0 Å². The molecular weight excluding hydrogens is 432 g/mol. The number of benzene rings is 3. The Morgan fingerprint density at radius 1 is 0.706 bits per heavy atom. The Bertz CT molecular complexity index is 995. The average Bonchev–Trinajstić information content (AvgIpc) is 2.87. The maximum atomic E-state index is 11.8. The highest BCUT2D eigenvalue weighted by atomic mass is 16.7. The lowest BCUT2D eigenvalue weighted by Crippen LogP contribution is -2.57. The van der Waals surface area contributed by atoms with Crippen LogP contribution in [0.5, 0.6) is 0 Å². The Kier molecular flexibility index (Phi) is 8.82. The van der Waals surface area contributed by atoms with Gasteiger partial charge in [0.2, 0.25) is 6.29 Å². The van der Waals surface area contributed by atoms with Crippen LogP contribution in [0, 0.1) is 0 Å². The zero-order valence-corrected chi connectivity index (χ0v) is 19.2. The minimum Gasteiger partial charge on any atom is -0.433 e. The monoisotopic (exact) mass is 462 g/mol. The first-order valence-electron chi connectivity index (χ1n) is 11.4. The molecule has 3 aromatic carbocycles. The van der Waals surface area contributed by atoms with Crippen molar-refractivity contribution in [2.45, 2.75) is 51.3 Å². The Balaban J connectivity index is 1.53. The lowest BCUT2D eigenvalue weighted by atomic mass is 10.0. The van der Waals surface area contributed by atoms with Crippen LogP contribution < -0.4 is 0 Å². The molecule has 34 heavy (non-hydrogen) atoms. The van der Waals surface area contributed by atoms with Gasteiger partial charge in [-0.1, -0.05) is 91.0 Å². The molecule has 0 aromatic heterocycles. The maximum Gasteiger partial charge on any atom is 0.305 e. The van der Waals surface area contributed by atoms with Crippen molar-refractivity contribution in [3.05, 3.63) is 108 Å². The van der Waals surface area contributed by atoms with Crippen molar-refractivity contribution in [1.29, 1.82) is 0 Å². The van der Waals surface area contributed by atoms with Gasteiger partial charge in [-0.2, -0.15) is 0 Å². The van der Waals surface area contributed by atoms with Gasteiger partial charge < -0.3 is 23.7 Å². The topological polar surface area (TPSA) is 63.2 Å². The van der Waals surface area contributed by atoms with Gasteiger partial charge in [-0.3, -0.25) is 4.79 Å². The molecule has 0 amide bonds. The molecule has 1 aliphatic heterocycles. The standard InChI is InChI=1S/C28H30O6/c1-21(29)34-28-27(32-19-24-15-9-4-10-16-24)26(31-18-23-13-7-3-8-14-23)25(20-33-28)30-17-22-11-5-2-6-12-22/h2-16,25-28H,17-20H2,1H3. The molecule has 0 spiro atoms. The van der Waals surface area contributed by atoms with Crippen molar-refractivity contribution >= 4 is 5.97 Å². The highest BCUT2D eigenvalue weighted by Gasteiger charge is 2.44. The van der Waals surface area contributed by atoms with Gasteiger partial charge in [0.15, 0.2) is 0 Å². The van der Waals surface area contributed by atoms with Crippen LogP contribution >= 0.6 is 0 Å². The smallest absolute Gasteiger partial charge is 0.305 e. The number of esters is 1. The fourth-order valence-corrected chi connectivity index (χ4v) is 3.84. The zero-order chi connectivity index (χ0) is 23.6. The Labute approximate surface area is 200 Å². The van der Waals surface area contributed by atoms with Gasteiger partial charge in [0.05, 0.1) is 26.4 Å². The van der Waals surface area contributed by atoms with Crippen LogP contribution in [0.25, 0.3) is 0 Å². The number of hydrogen-bond acceptors (Lipinski definition) is 6. The first-order chi connectivity index (χ1) is 16.7. The van der Waals surface area contributed by atoms with E-state index in [2.05, 4.69) is 0 Å². The van der Waals surface area contributed by atoms with E-state index in [-0.39, 0.29) is 6.61 Å². The molecule has 1 fully saturated rings. The van der Waals surface area contributed by atoms with E-state index in [0.717, 1.165) is 16.7 Å². The minimum atomic E-state index is -0.890. The summed E-state index contributed by atoms with van der Waals surface area (Å²) in [7, 11) is 0. The van der Waals surface area contributed by atoms with E-state index in [1.54, 1.807) is 0 Å². The number of carbonyl (C=O) groups excluding carboxylic acids is 1. The number of carbonyl (C=O) groups is 1. The Hall–Kier alpha value is -3.03. The highest BCUT2D eigenvalue weighted by Crippen LogP contribution is 2.27. The molecule has 6 nitrogen and oxygen atoms in total. The average molecular weight is 463 g/mol. The van der Waals surface area contributed by atoms with Crippen LogP contribution in [0.4, 0.5) is 0 Å². The van der Waals surface area contributed by atoms with E-state index in [0.29, 0.717) is 19.8 Å². The summed E-state index contributed by atoms with van der Waals surface area (Å²) in [6.07, 6.45) is -2.47. The Morgan fingerprint density at radius 3 is 1.62 bits per heavy atom. The van der Waals surface area contributed by atoms with E-state index < -0.39 is 30.6 Å². The maximum absolute atomic E-state index is 11.8. The summed E-state index contributed by atoms with van der Waals surface area (Å²) < 4.78 is 30.2. The van der Waals surface area contributed by atoms with Crippen molar-refractivity contribution in [2.75, 3.05) is 6.61 Å². The highest BCUT2D eigenvalue weighted by molar-refractivity contribution is 5.66. The largest absolute Gasteiger partial charge is 0.433 e. The normalized spacial score (nSPS) is 22.3. The van der Waals surface area contributed by atoms with Gasteiger partial charge in [0, 0.05) is 6.92 Å². The van der Waals surface area contributed by atoms with E-state index in [1.165, 1.54) is 6.92 Å². The molecule has 1 heterocycles. The van der Waals surface area contributed by atoms with Crippen LogP contribution in [-0.4, -0.2) is 37.2 Å². The molecule has 178 valence electrons. The SMILES string of the molecule is CC(=O)OC1OCC(OCc2ccccc2)C(OCc2ccccc2)C1OCc1ccccc1. The fraction of sp³-hybridized carbons (Fsp3) is 0.321. The van der Waals surface area contributed by atoms with Crippen LogP contribution in [0.1, 0.15) is 23.6 Å². The first-order valence-corrected chi connectivity index (χ1v) is 11.4. The summed E-state index contributed by atoms with van der Waals surface area (Å²) in [6.45, 7) is 2.67. The van der Waals surface area contributed by atoms with Crippen molar-refractivity contribution in [2.24, 2.45) is 0 Å². The first kappa shape index (κ1) is 24.1. The molecule has 4 rings (SSSR count). The van der Waals surface area contributed by atoms with Gasteiger partial charge in [-0.15, -0.1) is 0 Å². The van der Waals surface area contributed by atoms with Crippen LogP contribution in [-0.2, 0) is 48.3 Å². The summed E-state index contributed by atoms with van der Waals surface area (Å²) in [6, 6.07) is 29.7. The third-order valence-corrected chi connectivity index (χ3v) is 5.54. The molecule has 4 atom stereocenters. The summed E-state index contributed by atoms with van der Waals surface area (Å²) in [5.41, 5.74) is 3.08. The van der Waals surface area contributed by atoms with Crippen LogP contribution in [0.2, 0.25) is 0 Å². The van der Waals surface area contributed by atoms with Gasteiger partial charge in [-0.25, -0.2) is 0 Å². The molecular formula is C28H30O6. The van der Waals surface area contributed by atoms with Gasteiger partial charge in [0.1, 0.15) is 18.3 Å². The molecule has 6 heteroatoms. The summed E-state index contributed by atoms with van der Waals surface area (Å²) in [5, 5.41) is 0. The quantitative estimate of drug-likeness (QED) is 0.409. The second-order valence-electron chi connectivity index (χ2n) is 8.17. The van der Waals surface area contributed by atoms with Crippen molar-refractivity contribution in [3.8, 4) is 0 Å². The third kappa shape index (κ3) is 6.98. The van der Waals surface area contributed by atoms with E-state index >= 15 is 0 Å². The molecule has 0 saturated carbocycles. The van der Waals surface area contributed by atoms with Crippen LogP contribution in [0.3, 0.4) is 0 Å². The van der Waals surface area contributed by atoms with Crippen molar-refractivity contribution in [1.82, 2.24) is 0 Å². The number of ether oxygens (including phenoxy) is 5. The summed E-state index contributed by atoms with van der Waals surface area (Å²) in [4.78, 5) is 11.8. The molecule has 1 aliphatic rings. The molecule has 3 aromatic rings. The lowest BCUT2D eigenvalue weighted by molar-refractivity contribution is -0.291. The van der Waals surface area contributed by atoms with E-state index in [4.69, 9.17) is 23.7 Å². The second-order valence-corrected chi connectivity index (χ2v) is 8.17. The molecule has 0 radical (unpaired) electrons. The molecule has 4 unspecified atom stereocenters. The fourth-order valence-electron chi connectivity index (χ4n) is 3.84. The molecule has 0 N–H and O–H groups in total. The van der Waals surface area contributed by atoms with E-state index in [9.17, 15) is 4.79 Å². The summed E-state index contributed by atoms with van der Waals surface area (Å²) >= 11 is 0. The second kappa shape index (κ2) is 12.4. The van der Waals surface area contributed by atoms with Gasteiger partial charge in [0.25, 0.3) is 0 Å². The molecule has 1 saturated heterocycles. The molecule has 0 bridgehead atoms. The predicted octanol–water partition coefficient (Wildman–Crippen LogP) is 4.66. The van der Waals surface area contributed by atoms with Crippen molar-refractivity contribution in [3.63, 3.8) is 0 Å². The third-order valence-electron chi connectivity index (χ3n) is 5.54. The Morgan fingerprint density at radius 2 is 1.15 bits per heavy atom. The van der Waals surface area contributed by atoms with Crippen molar-refractivity contribution < 1.29 is 28.5 Å². The van der Waals surface area contributed by atoms with Gasteiger partial charge in [-0.05, 0) is 16.7 Å². The lowest BCUT2D eigenvalue weighted by Gasteiger charge is -2.41. The minimum absolute atomic E-state index is 0.218. The predicted molar refractivity (Wildman–Crippen MR) is 127 cm³/mol.